The standard InChI is InChI=1S/C8H16O4/c1-4-3-12-5(2)7(10)8(11)6(4)9/h4-11H,3H2,1-2H3. The SMILES string of the molecule is CC1COC(C)C(O)C(O)C1O. The lowest BCUT2D eigenvalue weighted by atomic mass is 9.97. The second kappa shape index (κ2) is 3.70. The van der Waals surface area contributed by atoms with Gasteiger partial charge in [0, 0.05) is 5.92 Å². The lowest BCUT2D eigenvalue weighted by Crippen LogP contribution is -2.43. The third-order valence-electron chi connectivity index (χ3n) is 2.39. The molecule has 4 heteroatoms. The average molecular weight is 176 g/mol. The third-order valence-corrected chi connectivity index (χ3v) is 2.39. The van der Waals surface area contributed by atoms with E-state index in [-0.39, 0.29) is 5.92 Å². The van der Waals surface area contributed by atoms with E-state index in [0.29, 0.717) is 6.61 Å². The summed E-state index contributed by atoms with van der Waals surface area (Å²) < 4.78 is 5.20. The van der Waals surface area contributed by atoms with E-state index in [1.165, 1.54) is 0 Å². The molecule has 4 nitrogen and oxygen atoms in total. The first-order chi connectivity index (χ1) is 5.54. The van der Waals surface area contributed by atoms with Crippen molar-refractivity contribution in [3.05, 3.63) is 0 Å². The number of aliphatic hydroxyl groups excluding tert-OH is 3. The van der Waals surface area contributed by atoms with Crippen LogP contribution in [0.5, 0.6) is 0 Å². The Kier molecular flexibility index (Phi) is 3.06. The molecule has 12 heavy (non-hydrogen) atoms. The Morgan fingerprint density at radius 3 is 2.17 bits per heavy atom. The highest BCUT2D eigenvalue weighted by Crippen LogP contribution is 2.19. The molecule has 72 valence electrons. The van der Waals surface area contributed by atoms with Crippen LogP contribution >= 0.6 is 0 Å². The van der Waals surface area contributed by atoms with Crippen LogP contribution in [0.15, 0.2) is 0 Å². The van der Waals surface area contributed by atoms with Gasteiger partial charge in [-0.05, 0) is 6.92 Å². The highest BCUT2D eigenvalue weighted by atomic mass is 16.5. The van der Waals surface area contributed by atoms with Crippen molar-refractivity contribution in [2.24, 2.45) is 5.92 Å². The van der Waals surface area contributed by atoms with Crippen LogP contribution in [0.25, 0.3) is 0 Å². The first-order valence-corrected chi connectivity index (χ1v) is 4.20. The van der Waals surface area contributed by atoms with E-state index in [9.17, 15) is 15.3 Å². The zero-order valence-corrected chi connectivity index (χ0v) is 7.34. The summed E-state index contributed by atoms with van der Waals surface area (Å²) >= 11 is 0. The molecule has 0 amide bonds. The maximum absolute atomic E-state index is 9.42. The van der Waals surface area contributed by atoms with Crippen LogP contribution in [-0.2, 0) is 4.74 Å². The molecule has 0 aliphatic carbocycles. The Hall–Kier alpha value is -0.160. The summed E-state index contributed by atoms with van der Waals surface area (Å²) in [6.45, 7) is 3.83. The molecule has 1 aliphatic rings. The van der Waals surface area contributed by atoms with Gasteiger partial charge in [-0.2, -0.15) is 0 Å². The molecule has 1 saturated heterocycles. The van der Waals surface area contributed by atoms with Gasteiger partial charge in [-0.1, -0.05) is 6.92 Å². The lowest BCUT2D eigenvalue weighted by Gasteiger charge is -2.23. The fourth-order valence-corrected chi connectivity index (χ4v) is 1.32. The topological polar surface area (TPSA) is 69.9 Å². The Labute approximate surface area is 71.8 Å². The largest absolute Gasteiger partial charge is 0.390 e. The lowest BCUT2D eigenvalue weighted by molar-refractivity contribution is -0.0896. The molecule has 5 unspecified atom stereocenters. The maximum atomic E-state index is 9.42. The summed E-state index contributed by atoms with van der Waals surface area (Å²) in [6, 6.07) is 0. The molecule has 3 N–H and O–H groups in total. The summed E-state index contributed by atoms with van der Waals surface area (Å²) in [4.78, 5) is 0. The minimum Gasteiger partial charge on any atom is -0.390 e. The van der Waals surface area contributed by atoms with Gasteiger partial charge >= 0.3 is 0 Å². The Morgan fingerprint density at radius 1 is 1.00 bits per heavy atom. The smallest absolute Gasteiger partial charge is 0.109 e. The van der Waals surface area contributed by atoms with Crippen molar-refractivity contribution in [1.29, 1.82) is 0 Å². The highest BCUT2D eigenvalue weighted by molar-refractivity contribution is 4.85. The van der Waals surface area contributed by atoms with Crippen molar-refractivity contribution >= 4 is 0 Å². The number of aliphatic hydroxyl groups is 3. The predicted molar refractivity (Wildman–Crippen MR) is 42.6 cm³/mol. The third kappa shape index (κ3) is 1.77. The molecule has 0 spiro atoms. The van der Waals surface area contributed by atoms with Crippen LogP contribution in [0.3, 0.4) is 0 Å². The Morgan fingerprint density at radius 2 is 1.58 bits per heavy atom. The minimum absolute atomic E-state index is 0.139. The molecule has 0 aromatic heterocycles. The van der Waals surface area contributed by atoms with Crippen LogP contribution in [0.1, 0.15) is 13.8 Å². The van der Waals surface area contributed by atoms with Crippen LogP contribution in [0.2, 0.25) is 0 Å². The average Bonchev–Trinajstić information content (AvgIpc) is 2.14. The molecule has 0 aromatic rings. The second-order valence-electron chi connectivity index (χ2n) is 3.49. The van der Waals surface area contributed by atoms with E-state index in [2.05, 4.69) is 0 Å². The number of hydrogen-bond acceptors (Lipinski definition) is 4. The molecule has 0 bridgehead atoms. The quantitative estimate of drug-likeness (QED) is 0.448. The molecular weight excluding hydrogens is 160 g/mol. The number of hydrogen-bond donors (Lipinski definition) is 3. The van der Waals surface area contributed by atoms with E-state index in [4.69, 9.17) is 4.74 Å². The molecule has 1 heterocycles. The van der Waals surface area contributed by atoms with Crippen LogP contribution in [0.4, 0.5) is 0 Å². The second-order valence-corrected chi connectivity index (χ2v) is 3.49. The van der Waals surface area contributed by atoms with Crippen LogP contribution in [-0.4, -0.2) is 46.3 Å². The summed E-state index contributed by atoms with van der Waals surface area (Å²) in [5.41, 5.74) is 0. The zero-order chi connectivity index (χ0) is 9.30. The molecule has 1 fully saturated rings. The Balaban J connectivity index is 2.68. The van der Waals surface area contributed by atoms with E-state index >= 15 is 0 Å². The normalized spacial score (nSPS) is 50.2. The van der Waals surface area contributed by atoms with Crippen LogP contribution in [0, 0.1) is 5.92 Å². The molecular formula is C8H16O4. The van der Waals surface area contributed by atoms with Gasteiger partial charge < -0.3 is 20.1 Å². The fraction of sp³-hybridized carbons (Fsp3) is 1.00. The van der Waals surface area contributed by atoms with Gasteiger partial charge in [0.25, 0.3) is 0 Å². The summed E-state index contributed by atoms with van der Waals surface area (Å²) in [5.74, 6) is -0.139. The highest BCUT2D eigenvalue weighted by Gasteiger charge is 2.36. The first kappa shape index (κ1) is 9.92. The first-order valence-electron chi connectivity index (χ1n) is 4.20. The zero-order valence-electron chi connectivity index (χ0n) is 7.34. The minimum atomic E-state index is -1.10. The molecule has 0 radical (unpaired) electrons. The summed E-state index contributed by atoms with van der Waals surface area (Å²) in [6.07, 6.45) is -3.41. The van der Waals surface area contributed by atoms with Gasteiger partial charge in [-0.3, -0.25) is 0 Å². The summed E-state index contributed by atoms with van der Waals surface area (Å²) in [5, 5.41) is 28.2. The van der Waals surface area contributed by atoms with Gasteiger partial charge in [0.1, 0.15) is 12.2 Å². The fourth-order valence-electron chi connectivity index (χ4n) is 1.32. The molecule has 5 atom stereocenters. The molecule has 1 aliphatic heterocycles. The summed E-state index contributed by atoms with van der Waals surface area (Å²) in [7, 11) is 0. The molecule has 0 aromatic carbocycles. The van der Waals surface area contributed by atoms with Gasteiger partial charge in [0.15, 0.2) is 0 Å². The maximum Gasteiger partial charge on any atom is 0.109 e. The number of ether oxygens (including phenoxy) is 1. The van der Waals surface area contributed by atoms with Crippen molar-refractivity contribution in [1.82, 2.24) is 0 Å². The van der Waals surface area contributed by atoms with Crippen molar-refractivity contribution in [3.63, 3.8) is 0 Å². The van der Waals surface area contributed by atoms with Crippen LogP contribution < -0.4 is 0 Å². The van der Waals surface area contributed by atoms with Gasteiger partial charge in [-0.15, -0.1) is 0 Å². The van der Waals surface area contributed by atoms with E-state index in [0.717, 1.165) is 0 Å². The Bertz CT molecular complexity index is 134. The van der Waals surface area contributed by atoms with E-state index < -0.39 is 24.4 Å². The van der Waals surface area contributed by atoms with Crippen molar-refractivity contribution in [2.45, 2.75) is 38.3 Å². The van der Waals surface area contributed by atoms with Crippen molar-refractivity contribution < 1.29 is 20.1 Å². The number of rotatable bonds is 0. The van der Waals surface area contributed by atoms with E-state index in [1.54, 1.807) is 13.8 Å². The van der Waals surface area contributed by atoms with Crippen molar-refractivity contribution in [2.75, 3.05) is 6.61 Å². The molecule has 0 saturated carbocycles. The monoisotopic (exact) mass is 176 g/mol. The van der Waals surface area contributed by atoms with E-state index in [1.807, 2.05) is 0 Å². The van der Waals surface area contributed by atoms with Crippen molar-refractivity contribution in [3.8, 4) is 0 Å². The molecule has 1 rings (SSSR count). The predicted octanol–water partition coefficient (Wildman–Crippen LogP) is -0.876. The van der Waals surface area contributed by atoms with Gasteiger partial charge in [-0.25, -0.2) is 0 Å². The van der Waals surface area contributed by atoms with Gasteiger partial charge in [0.05, 0.1) is 18.8 Å². The van der Waals surface area contributed by atoms with Gasteiger partial charge in [0.2, 0.25) is 0 Å².